The van der Waals surface area contributed by atoms with Crippen molar-refractivity contribution in [2.24, 2.45) is 0 Å². The van der Waals surface area contributed by atoms with Crippen molar-refractivity contribution in [1.29, 1.82) is 0 Å². The maximum atomic E-state index is 9.44. The molecule has 0 fully saturated rings. The van der Waals surface area contributed by atoms with Gasteiger partial charge in [0.25, 0.3) is 0 Å². The first-order chi connectivity index (χ1) is 3.56. The van der Waals surface area contributed by atoms with Gasteiger partial charge in [0.15, 0.2) is 0 Å². The van der Waals surface area contributed by atoms with Crippen molar-refractivity contribution in [2.45, 2.75) is 6.92 Å². The minimum absolute atomic E-state index is 0.312. The van der Waals surface area contributed by atoms with Crippen LogP contribution in [0.4, 0.5) is 0 Å². The second kappa shape index (κ2) is 4.98. The van der Waals surface area contributed by atoms with Gasteiger partial charge in [-0.15, -0.1) is 0 Å². The molecule has 0 aliphatic carbocycles. The fourth-order valence-corrected chi connectivity index (χ4v) is 0. The average Bonchev–Trinajstić information content (AvgIpc) is 1.71. The van der Waals surface area contributed by atoms with Crippen LogP contribution in [0.2, 0.25) is 0 Å². The van der Waals surface area contributed by atoms with Crippen molar-refractivity contribution in [2.75, 3.05) is 5.75 Å². The van der Waals surface area contributed by atoms with Crippen molar-refractivity contribution >= 4 is 10.1 Å². The van der Waals surface area contributed by atoms with E-state index < -0.39 is 10.1 Å². The van der Waals surface area contributed by atoms with Gasteiger partial charge in [0.05, 0.1) is 10.1 Å². The van der Waals surface area contributed by atoms with E-state index in [9.17, 15) is 13.0 Å². The summed E-state index contributed by atoms with van der Waals surface area (Å²) >= 11 is 0. The zero-order chi connectivity index (χ0) is 7.21. The molecule has 5 nitrogen and oxygen atoms in total. The maximum Gasteiger partial charge on any atom is 0.0943 e. The average molecular weight is 143 g/mol. The molecule has 6 heteroatoms. The smallest absolute Gasteiger partial charge is 0.0943 e. The highest BCUT2D eigenvalue weighted by Crippen LogP contribution is 1.73. The summed E-state index contributed by atoms with van der Waals surface area (Å²) in [5.74, 6) is 1.94. The van der Waals surface area contributed by atoms with Crippen LogP contribution in [-0.2, 0) is 10.1 Å². The van der Waals surface area contributed by atoms with E-state index in [1.165, 1.54) is 6.92 Å². The fourth-order valence-electron chi connectivity index (χ4n) is 0. The highest BCUT2D eigenvalue weighted by atomic mass is 32.2. The third kappa shape index (κ3) is 17.0. The van der Waals surface area contributed by atoms with Crippen molar-refractivity contribution in [3.63, 3.8) is 0 Å². The number of hydrogen-bond donors (Lipinski definition) is 2. The lowest BCUT2D eigenvalue weighted by atomic mass is 11.0. The molecule has 0 aliphatic heterocycles. The van der Waals surface area contributed by atoms with Crippen molar-refractivity contribution in [1.82, 2.24) is 0 Å². The Labute approximate surface area is 47.8 Å². The second-order valence-electron chi connectivity index (χ2n) is 0.846. The summed E-state index contributed by atoms with van der Waals surface area (Å²) in [6.45, 7) is 1.31. The van der Waals surface area contributed by atoms with E-state index in [2.05, 4.69) is 5.90 Å². The van der Waals surface area contributed by atoms with Gasteiger partial charge < -0.3 is 4.55 Å². The Morgan fingerprint density at radius 1 is 1.62 bits per heavy atom. The van der Waals surface area contributed by atoms with Gasteiger partial charge in [0.2, 0.25) is 0 Å². The lowest BCUT2D eigenvalue weighted by molar-refractivity contribution is -0.670. The van der Waals surface area contributed by atoms with E-state index in [1.807, 2.05) is 0 Å². The van der Waals surface area contributed by atoms with Gasteiger partial charge in [-0.2, -0.15) is 0 Å². The van der Waals surface area contributed by atoms with Gasteiger partial charge in [0.1, 0.15) is 0 Å². The van der Waals surface area contributed by atoms with E-state index in [-0.39, 0.29) is 5.75 Å². The third-order valence-electron chi connectivity index (χ3n) is 0.354. The Bertz CT molecular complexity index is 116. The van der Waals surface area contributed by atoms with E-state index in [0.717, 1.165) is 0 Å². The molecule has 0 bridgehead atoms. The normalized spacial score (nSPS) is 9.50. The third-order valence-corrected chi connectivity index (χ3v) is 1.06. The summed E-state index contributed by atoms with van der Waals surface area (Å²) in [4.78, 5) is 0. The number of hydrogen-bond acceptors (Lipinski definition) is 4. The van der Waals surface area contributed by atoms with Gasteiger partial charge in [-0.25, -0.2) is 19.5 Å². The fraction of sp³-hybridized carbons (Fsp3) is 1.00. The molecule has 4 N–H and O–H groups in total. The molecule has 0 atom stereocenters. The van der Waals surface area contributed by atoms with Crippen LogP contribution >= 0.6 is 0 Å². The Kier molecular flexibility index (Phi) is 6.68. The van der Waals surface area contributed by atoms with Crippen LogP contribution in [0.25, 0.3) is 0 Å². The summed E-state index contributed by atoms with van der Waals surface area (Å²) < 4.78 is 28.3. The van der Waals surface area contributed by atoms with E-state index in [0.29, 0.717) is 0 Å². The van der Waals surface area contributed by atoms with Crippen molar-refractivity contribution < 1.29 is 24.1 Å². The Morgan fingerprint density at radius 2 is 1.75 bits per heavy atom. The molecule has 0 spiro atoms. The zero-order valence-electron chi connectivity index (χ0n) is 4.49. The van der Waals surface area contributed by atoms with Crippen LogP contribution in [0.3, 0.4) is 0 Å². The molecular formula is C2H9NO4S. The van der Waals surface area contributed by atoms with Gasteiger partial charge >= 0.3 is 0 Å². The standard InChI is InChI=1S/C2H6O3S.H4NO/c1-2-6(3,4)5;1-2/h2H2,1H3,(H,3,4,5);2H,1H3/q;+1/p-1. The molecule has 0 aliphatic rings. The Morgan fingerprint density at radius 3 is 1.75 bits per heavy atom. The minimum atomic E-state index is -3.91. The lowest BCUT2D eigenvalue weighted by Gasteiger charge is -1.97. The van der Waals surface area contributed by atoms with Crippen LogP contribution in [0.15, 0.2) is 0 Å². The quantitative estimate of drug-likeness (QED) is 0.332. The molecule has 0 saturated heterocycles. The molecule has 0 unspecified atom stereocenters. The predicted octanol–water partition coefficient (Wildman–Crippen LogP) is -1.83. The molecule has 0 saturated carbocycles. The molecule has 8 heavy (non-hydrogen) atoms. The first-order valence-corrected chi connectivity index (χ1v) is 3.39. The van der Waals surface area contributed by atoms with E-state index in [1.54, 1.807) is 0 Å². The summed E-state index contributed by atoms with van der Waals surface area (Å²) in [5, 5.41) is 6.75. The Hall–Kier alpha value is -0.170. The molecule has 0 rings (SSSR count). The largest absolute Gasteiger partial charge is 0.748 e. The summed E-state index contributed by atoms with van der Waals surface area (Å²) in [6, 6.07) is 0. The molecule has 0 radical (unpaired) electrons. The first-order valence-electron chi connectivity index (χ1n) is 1.81. The van der Waals surface area contributed by atoms with Gasteiger partial charge in [-0.05, 0) is 0 Å². The molecule has 0 amide bonds. The number of quaternary nitrogens is 1. The SMILES string of the molecule is CCS(=O)(=O)[O-].[NH3+]O. The van der Waals surface area contributed by atoms with Gasteiger partial charge in [-0.1, -0.05) is 6.92 Å². The highest BCUT2D eigenvalue weighted by molar-refractivity contribution is 7.85. The Balaban J connectivity index is 0. The van der Waals surface area contributed by atoms with Crippen molar-refractivity contribution in [3.8, 4) is 0 Å². The van der Waals surface area contributed by atoms with Crippen LogP contribution in [0, 0.1) is 0 Å². The first kappa shape index (κ1) is 10.7. The monoisotopic (exact) mass is 143 g/mol. The maximum absolute atomic E-state index is 9.44. The van der Waals surface area contributed by atoms with Crippen LogP contribution in [0.1, 0.15) is 6.92 Å². The lowest BCUT2D eigenvalue weighted by Crippen LogP contribution is -2.42. The number of rotatable bonds is 1. The van der Waals surface area contributed by atoms with Crippen LogP contribution in [-0.4, -0.2) is 23.9 Å². The molecule has 52 valence electrons. The molecular weight excluding hydrogens is 134 g/mol. The van der Waals surface area contributed by atoms with Crippen molar-refractivity contribution in [3.05, 3.63) is 0 Å². The molecule has 0 aromatic carbocycles. The highest BCUT2D eigenvalue weighted by Gasteiger charge is 1.80. The zero-order valence-corrected chi connectivity index (χ0v) is 5.31. The van der Waals surface area contributed by atoms with E-state index >= 15 is 0 Å². The second-order valence-corrected chi connectivity index (χ2v) is 2.54. The van der Waals surface area contributed by atoms with Crippen LogP contribution in [0.5, 0.6) is 0 Å². The summed E-state index contributed by atoms with van der Waals surface area (Å²) in [7, 11) is -3.91. The topological polar surface area (TPSA) is 105 Å². The summed E-state index contributed by atoms with van der Waals surface area (Å²) in [5.41, 5.74) is 0. The summed E-state index contributed by atoms with van der Waals surface area (Å²) in [6.07, 6.45) is 0. The van der Waals surface area contributed by atoms with Crippen LogP contribution < -0.4 is 5.90 Å². The molecule has 0 heterocycles. The van der Waals surface area contributed by atoms with E-state index in [4.69, 9.17) is 5.21 Å². The molecule has 0 aromatic heterocycles. The minimum Gasteiger partial charge on any atom is -0.748 e. The van der Waals surface area contributed by atoms with Gasteiger partial charge in [0, 0.05) is 5.75 Å². The van der Waals surface area contributed by atoms with Gasteiger partial charge in [-0.3, -0.25) is 0 Å². The predicted molar refractivity (Wildman–Crippen MR) is 24.9 cm³/mol. The molecule has 0 aromatic rings.